The Kier molecular flexibility index (Phi) is 5.53. The predicted molar refractivity (Wildman–Crippen MR) is 84.4 cm³/mol. The standard InChI is InChI=1S/C14H14ClN3O.BrH/c1-9-5-12(14(17)19)13(16)18(7-9)8-10-3-2-4-11(15)6-10;/h2-7,16H,8H2,1H3,(H2,17,19);1H. The van der Waals surface area contributed by atoms with Crippen molar-refractivity contribution in [2.75, 3.05) is 0 Å². The molecule has 1 aromatic carbocycles. The number of hydrogen-bond donors (Lipinski definition) is 2. The molecule has 4 nitrogen and oxygen atoms in total. The number of carbonyl (C=O) groups excluding carboxylic acids is 1. The molecule has 1 amide bonds. The Morgan fingerprint density at radius 2 is 2.10 bits per heavy atom. The topological polar surface area (TPSA) is 71.9 Å². The van der Waals surface area contributed by atoms with Gasteiger partial charge in [-0.3, -0.25) is 10.2 Å². The van der Waals surface area contributed by atoms with Crippen molar-refractivity contribution in [2.24, 2.45) is 5.73 Å². The molecule has 6 heteroatoms. The second kappa shape index (κ2) is 6.72. The first-order valence-electron chi connectivity index (χ1n) is 5.77. The summed E-state index contributed by atoms with van der Waals surface area (Å²) in [5.41, 5.74) is 7.46. The molecule has 0 aliphatic heterocycles. The molecule has 2 aromatic rings. The van der Waals surface area contributed by atoms with Gasteiger partial charge >= 0.3 is 0 Å². The van der Waals surface area contributed by atoms with Crippen LogP contribution in [0.3, 0.4) is 0 Å². The summed E-state index contributed by atoms with van der Waals surface area (Å²) in [6, 6.07) is 9.03. The third-order valence-electron chi connectivity index (χ3n) is 2.78. The third-order valence-corrected chi connectivity index (χ3v) is 3.02. The number of hydrogen-bond acceptors (Lipinski definition) is 2. The molecule has 2 rings (SSSR count). The van der Waals surface area contributed by atoms with Gasteiger partial charge in [0.05, 0.1) is 5.56 Å². The van der Waals surface area contributed by atoms with E-state index in [0.717, 1.165) is 11.1 Å². The van der Waals surface area contributed by atoms with E-state index in [0.29, 0.717) is 11.6 Å². The largest absolute Gasteiger partial charge is 0.365 e. The van der Waals surface area contributed by atoms with E-state index < -0.39 is 5.91 Å². The van der Waals surface area contributed by atoms with Crippen LogP contribution in [0.2, 0.25) is 5.02 Å². The molecular weight excluding hydrogens is 342 g/mol. The van der Waals surface area contributed by atoms with Crippen molar-refractivity contribution in [1.29, 1.82) is 5.41 Å². The summed E-state index contributed by atoms with van der Waals surface area (Å²) >= 11 is 5.93. The van der Waals surface area contributed by atoms with Crippen LogP contribution < -0.4 is 11.2 Å². The van der Waals surface area contributed by atoms with Crippen molar-refractivity contribution in [3.8, 4) is 0 Å². The highest BCUT2D eigenvalue weighted by Crippen LogP contribution is 2.11. The smallest absolute Gasteiger partial charge is 0.252 e. The van der Waals surface area contributed by atoms with Gasteiger partial charge in [-0.15, -0.1) is 17.0 Å². The summed E-state index contributed by atoms with van der Waals surface area (Å²) in [6.45, 7) is 2.34. The second-order valence-corrected chi connectivity index (χ2v) is 4.84. The lowest BCUT2D eigenvalue weighted by Gasteiger charge is -2.11. The quantitative estimate of drug-likeness (QED) is 0.872. The third kappa shape index (κ3) is 3.71. The van der Waals surface area contributed by atoms with Gasteiger partial charge in [0.2, 0.25) is 0 Å². The van der Waals surface area contributed by atoms with Crippen LogP contribution in [-0.2, 0) is 6.54 Å². The average molecular weight is 357 g/mol. The number of primary amides is 1. The molecule has 0 unspecified atom stereocenters. The van der Waals surface area contributed by atoms with Gasteiger partial charge in [0.25, 0.3) is 5.91 Å². The van der Waals surface area contributed by atoms with Crippen molar-refractivity contribution in [1.82, 2.24) is 4.57 Å². The molecule has 0 radical (unpaired) electrons. The Hall–Kier alpha value is -1.59. The highest BCUT2D eigenvalue weighted by Gasteiger charge is 2.07. The Morgan fingerprint density at radius 3 is 2.70 bits per heavy atom. The SMILES string of the molecule is Br.Cc1cc(C(N)=O)c(=N)n(Cc2cccc(Cl)c2)c1. The molecule has 3 N–H and O–H groups in total. The van der Waals surface area contributed by atoms with E-state index in [9.17, 15) is 4.79 Å². The van der Waals surface area contributed by atoms with Gasteiger partial charge in [0, 0.05) is 17.8 Å². The summed E-state index contributed by atoms with van der Waals surface area (Å²) < 4.78 is 1.68. The average Bonchev–Trinajstić information content (AvgIpc) is 2.33. The number of rotatable bonds is 3. The number of halogens is 2. The molecule has 0 bridgehead atoms. The summed E-state index contributed by atoms with van der Waals surface area (Å²) in [7, 11) is 0. The molecule has 0 saturated heterocycles. The van der Waals surface area contributed by atoms with Crippen LogP contribution in [0.1, 0.15) is 21.5 Å². The molecule has 0 spiro atoms. The number of nitrogens with two attached hydrogens (primary N) is 1. The molecule has 0 fully saturated rings. The van der Waals surface area contributed by atoms with Crippen molar-refractivity contribution < 1.29 is 4.79 Å². The maximum absolute atomic E-state index is 11.3. The van der Waals surface area contributed by atoms with Crippen molar-refractivity contribution in [3.05, 3.63) is 63.7 Å². The molecular formula is C14H15BrClN3O. The number of amides is 1. The second-order valence-electron chi connectivity index (χ2n) is 4.40. The Balaban J connectivity index is 0.00000200. The lowest BCUT2D eigenvalue weighted by atomic mass is 10.1. The molecule has 1 aromatic heterocycles. The zero-order valence-electron chi connectivity index (χ0n) is 10.9. The summed E-state index contributed by atoms with van der Waals surface area (Å²) in [6.07, 6.45) is 1.82. The monoisotopic (exact) mass is 355 g/mol. The molecule has 0 aliphatic rings. The Labute approximate surface area is 132 Å². The first-order chi connectivity index (χ1) is 8.97. The fourth-order valence-corrected chi connectivity index (χ4v) is 2.16. The Bertz CT molecular complexity index is 697. The number of aryl methyl sites for hydroxylation is 1. The van der Waals surface area contributed by atoms with E-state index in [4.69, 9.17) is 22.7 Å². The van der Waals surface area contributed by atoms with Crippen molar-refractivity contribution in [2.45, 2.75) is 13.5 Å². The highest BCUT2D eigenvalue weighted by molar-refractivity contribution is 8.93. The maximum atomic E-state index is 11.3. The first kappa shape index (κ1) is 16.5. The van der Waals surface area contributed by atoms with Crippen LogP contribution in [-0.4, -0.2) is 10.5 Å². The fraction of sp³-hybridized carbons (Fsp3) is 0.143. The summed E-state index contributed by atoms with van der Waals surface area (Å²) in [4.78, 5) is 11.3. The minimum Gasteiger partial charge on any atom is -0.365 e. The van der Waals surface area contributed by atoms with Gasteiger partial charge in [-0.1, -0.05) is 23.7 Å². The molecule has 20 heavy (non-hydrogen) atoms. The van der Waals surface area contributed by atoms with E-state index >= 15 is 0 Å². The van der Waals surface area contributed by atoms with Gasteiger partial charge < -0.3 is 10.3 Å². The lowest BCUT2D eigenvalue weighted by Crippen LogP contribution is -2.30. The van der Waals surface area contributed by atoms with E-state index in [1.54, 1.807) is 16.7 Å². The van der Waals surface area contributed by atoms with Crippen LogP contribution in [0.5, 0.6) is 0 Å². The van der Waals surface area contributed by atoms with Crippen LogP contribution >= 0.6 is 28.6 Å². The van der Waals surface area contributed by atoms with Crippen LogP contribution in [0, 0.1) is 12.3 Å². The Morgan fingerprint density at radius 1 is 1.40 bits per heavy atom. The molecule has 1 heterocycles. The number of aromatic nitrogens is 1. The minimum absolute atomic E-state index is 0. The highest BCUT2D eigenvalue weighted by atomic mass is 79.9. The van der Waals surface area contributed by atoms with Gasteiger partial charge in [-0.05, 0) is 36.2 Å². The molecule has 106 valence electrons. The predicted octanol–water partition coefficient (Wildman–Crippen LogP) is 2.65. The number of carbonyl (C=O) groups is 1. The van der Waals surface area contributed by atoms with Gasteiger partial charge in [-0.2, -0.15) is 0 Å². The van der Waals surface area contributed by atoms with Crippen LogP contribution in [0.15, 0.2) is 36.5 Å². The summed E-state index contributed by atoms with van der Waals surface area (Å²) in [5.74, 6) is -0.589. The van der Waals surface area contributed by atoms with E-state index in [1.165, 1.54) is 0 Å². The van der Waals surface area contributed by atoms with Gasteiger partial charge in [0.15, 0.2) is 0 Å². The number of pyridine rings is 1. The summed E-state index contributed by atoms with van der Waals surface area (Å²) in [5, 5.41) is 8.65. The first-order valence-corrected chi connectivity index (χ1v) is 6.15. The number of nitrogens with zero attached hydrogens (tertiary/aromatic N) is 1. The van der Waals surface area contributed by atoms with Crippen LogP contribution in [0.4, 0.5) is 0 Å². The molecule has 0 aliphatic carbocycles. The van der Waals surface area contributed by atoms with E-state index in [2.05, 4.69) is 0 Å². The maximum Gasteiger partial charge on any atom is 0.252 e. The van der Waals surface area contributed by atoms with E-state index in [1.807, 2.05) is 31.3 Å². The number of nitrogens with one attached hydrogen (secondary N) is 1. The van der Waals surface area contributed by atoms with Crippen molar-refractivity contribution >= 4 is 34.5 Å². The zero-order chi connectivity index (χ0) is 14.0. The van der Waals surface area contributed by atoms with Crippen LogP contribution in [0.25, 0.3) is 0 Å². The zero-order valence-corrected chi connectivity index (χ0v) is 13.4. The fourth-order valence-electron chi connectivity index (χ4n) is 1.94. The number of benzene rings is 1. The lowest BCUT2D eigenvalue weighted by molar-refractivity contribution is 0.0997. The van der Waals surface area contributed by atoms with Gasteiger partial charge in [-0.25, -0.2) is 0 Å². The minimum atomic E-state index is -0.589. The normalized spacial score (nSPS) is 9.90. The van der Waals surface area contributed by atoms with E-state index in [-0.39, 0.29) is 28.0 Å². The molecule has 0 saturated carbocycles. The molecule has 0 atom stereocenters. The van der Waals surface area contributed by atoms with Gasteiger partial charge in [0.1, 0.15) is 5.49 Å². The van der Waals surface area contributed by atoms with Crippen molar-refractivity contribution in [3.63, 3.8) is 0 Å².